The van der Waals surface area contributed by atoms with Crippen molar-refractivity contribution in [3.8, 4) is 11.5 Å². The number of fused-ring (bicyclic) bond motifs is 1. The van der Waals surface area contributed by atoms with Gasteiger partial charge in [-0.15, -0.1) is 10.2 Å². The Morgan fingerprint density at radius 2 is 1.84 bits per heavy atom. The van der Waals surface area contributed by atoms with E-state index in [-0.39, 0.29) is 0 Å². The van der Waals surface area contributed by atoms with E-state index in [1.54, 1.807) is 12.4 Å². The first-order valence-corrected chi connectivity index (χ1v) is 6.12. The molecule has 3 aromatic rings. The van der Waals surface area contributed by atoms with Gasteiger partial charge in [0.05, 0.1) is 17.6 Å². The minimum atomic E-state index is 0.335. The molecule has 0 aromatic carbocycles. The number of aryl methyl sites for hydroxylation is 3. The van der Waals surface area contributed by atoms with Crippen LogP contribution in [0.3, 0.4) is 0 Å². The summed E-state index contributed by atoms with van der Waals surface area (Å²) in [7, 11) is 0. The molecule has 0 aliphatic rings. The smallest absolute Gasteiger partial charge is 0.199 e. The fourth-order valence-electron chi connectivity index (χ4n) is 1.85. The van der Waals surface area contributed by atoms with E-state index in [4.69, 9.17) is 11.6 Å². The van der Waals surface area contributed by atoms with E-state index in [9.17, 15) is 0 Å². The summed E-state index contributed by atoms with van der Waals surface area (Å²) < 4.78 is 1.85. The Morgan fingerprint density at radius 3 is 2.53 bits per heavy atom. The summed E-state index contributed by atoms with van der Waals surface area (Å²) in [5.74, 6) is 0.618. The fraction of sp³-hybridized carbons (Fsp3) is 0.250. The highest BCUT2D eigenvalue weighted by Crippen LogP contribution is 2.22. The third-order valence-corrected chi connectivity index (χ3v) is 3.24. The van der Waals surface area contributed by atoms with Crippen LogP contribution in [-0.4, -0.2) is 29.5 Å². The lowest BCUT2D eigenvalue weighted by molar-refractivity contribution is 0.987. The summed E-state index contributed by atoms with van der Waals surface area (Å²) in [5, 5.41) is 8.55. The zero-order valence-corrected chi connectivity index (χ0v) is 11.5. The average Bonchev–Trinajstić information content (AvgIpc) is 2.82. The van der Waals surface area contributed by atoms with Crippen LogP contribution in [0, 0.1) is 20.8 Å². The van der Waals surface area contributed by atoms with Crippen LogP contribution < -0.4 is 0 Å². The van der Waals surface area contributed by atoms with Gasteiger partial charge < -0.3 is 0 Å². The van der Waals surface area contributed by atoms with E-state index in [2.05, 4.69) is 25.1 Å². The highest BCUT2D eigenvalue weighted by molar-refractivity contribution is 6.32. The number of nitrogens with zero attached hydrogens (tertiary/aromatic N) is 6. The van der Waals surface area contributed by atoms with Crippen LogP contribution in [-0.2, 0) is 0 Å². The number of aromatic nitrogens is 6. The molecule has 0 atom stereocenters. The summed E-state index contributed by atoms with van der Waals surface area (Å²) in [6.45, 7) is 5.72. The molecule has 6 nitrogen and oxygen atoms in total. The van der Waals surface area contributed by atoms with Gasteiger partial charge in [0.25, 0.3) is 0 Å². The van der Waals surface area contributed by atoms with Gasteiger partial charge in [0.15, 0.2) is 16.6 Å². The van der Waals surface area contributed by atoms with Crippen LogP contribution in [0.1, 0.15) is 17.1 Å². The van der Waals surface area contributed by atoms with E-state index in [0.29, 0.717) is 22.3 Å². The second kappa shape index (κ2) is 4.24. The van der Waals surface area contributed by atoms with Crippen molar-refractivity contribution in [2.75, 3.05) is 0 Å². The van der Waals surface area contributed by atoms with E-state index in [1.807, 2.05) is 25.2 Å². The average molecular weight is 275 g/mol. The topological polar surface area (TPSA) is 68.9 Å². The lowest BCUT2D eigenvalue weighted by Crippen LogP contribution is -2.02. The zero-order valence-electron chi connectivity index (χ0n) is 10.7. The van der Waals surface area contributed by atoms with Gasteiger partial charge in [-0.05, 0) is 20.8 Å². The van der Waals surface area contributed by atoms with Crippen molar-refractivity contribution in [2.24, 2.45) is 0 Å². The SMILES string of the molecule is Cc1cnc(-c2nnc3c(Cl)nc(C)c(C)n23)cn1. The molecule has 0 spiro atoms. The zero-order chi connectivity index (χ0) is 13.6. The lowest BCUT2D eigenvalue weighted by atomic mass is 10.3. The molecule has 3 rings (SSSR count). The molecule has 3 aromatic heterocycles. The van der Waals surface area contributed by atoms with Gasteiger partial charge >= 0.3 is 0 Å². The van der Waals surface area contributed by atoms with Gasteiger partial charge in [-0.3, -0.25) is 9.38 Å². The molecule has 0 aliphatic carbocycles. The third kappa shape index (κ3) is 1.84. The third-order valence-electron chi connectivity index (χ3n) is 2.98. The molecule has 0 saturated carbocycles. The Morgan fingerprint density at radius 1 is 1.05 bits per heavy atom. The van der Waals surface area contributed by atoms with Crippen molar-refractivity contribution in [3.63, 3.8) is 0 Å². The van der Waals surface area contributed by atoms with Crippen LogP contribution >= 0.6 is 11.6 Å². The summed E-state index contributed by atoms with van der Waals surface area (Å²) in [6.07, 6.45) is 3.37. The Kier molecular flexibility index (Phi) is 2.67. The van der Waals surface area contributed by atoms with Gasteiger partial charge in [0.1, 0.15) is 5.69 Å². The van der Waals surface area contributed by atoms with Gasteiger partial charge in [-0.2, -0.15) is 0 Å². The van der Waals surface area contributed by atoms with Crippen molar-refractivity contribution in [1.29, 1.82) is 0 Å². The molecule has 0 unspecified atom stereocenters. The maximum Gasteiger partial charge on any atom is 0.199 e. The van der Waals surface area contributed by atoms with Crippen LogP contribution in [0.25, 0.3) is 17.2 Å². The van der Waals surface area contributed by atoms with E-state index < -0.39 is 0 Å². The van der Waals surface area contributed by atoms with Crippen molar-refractivity contribution < 1.29 is 0 Å². The molecule has 0 fully saturated rings. The summed E-state index contributed by atoms with van der Waals surface area (Å²) >= 11 is 6.09. The van der Waals surface area contributed by atoms with Gasteiger partial charge in [-0.1, -0.05) is 11.6 Å². The van der Waals surface area contributed by atoms with Gasteiger partial charge in [0, 0.05) is 11.9 Å². The van der Waals surface area contributed by atoms with Crippen LogP contribution in [0.15, 0.2) is 12.4 Å². The molecule has 0 bridgehead atoms. The standard InChI is InChI=1S/C12H11ClN6/c1-6-4-15-9(5-14-6)11-17-18-12-10(13)16-7(2)8(3)19(11)12/h4-5H,1-3H3. The van der Waals surface area contributed by atoms with Gasteiger partial charge in [0.2, 0.25) is 0 Å². The highest BCUT2D eigenvalue weighted by atomic mass is 35.5. The van der Waals surface area contributed by atoms with E-state index in [1.165, 1.54) is 0 Å². The Hall–Kier alpha value is -2.08. The van der Waals surface area contributed by atoms with Crippen molar-refractivity contribution in [3.05, 3.63) is 34.6 Å². The molecule has 96 valence electrons. The minimum Gasteiger partial charge on any atom is -0.274 e. The Bertz CT molecular complexity index is 762. The summed E-state index contributed by atoms with van der Waals surface area (Å²) in [4.78, 5) is 12.8. The van der Waals surface area contributed by atoms with Crippen LogP contribution in [0.4, 0.5) is 0 Å². The molecule has 0 aliphatic heterocycles. The van der Waals surface area contributed by atoms with E-state index >= 15 is 0 Å². The molecule has 0 amide bonds. The number of rotatable bonds is 1. The van der Waals surface area contributed by atoms with Crippen LogP contribution in [0.5, 0.6) is 0 Å². The number of halogens is 1. The maximum atomic E-state index is 6.09. The van der Waals surface area contributed by atoms with Crippen molar-refractivity contribution >= 4 is 17.2 Å². The molecule has 0 saturated heterocycles. The second-order valence-corrected chi connectivity index (χ2v) is 4.66. The molecule has 3 heterocycles. The predicted octanol–water partition coefficient (Wildman–Crippen LogP) is 2.16. The fourth-order valence-corrected chi connectivity index (χ4v) is 2.10. The molecule has 0 N–H and O–H groups in total. The first-order chi connectivity index (χ1) is 9.08. The predicted molar refractivity (Wildman–Crippen MR) is 71.0 cm³/mol. The lowest BCUT2D eigenvalue weighted by Gasteiger charge is -2.06. The molecular formula is C12H11ClN6. The molecule has 7 heteroatoms. The maximum absolute atomic E-state index is 6.09. The normalized spacial score (nSPS) is 11.2. The quantitative estimate of drug-likeness (QED) is 0.680. The number of hydrogen-bond acceptors (Lipinski definition) is 5. The molecular weight excluding hydrogens is 264 g/mol. The van der Waals surface area contributed by atoms with Crippen molar-refractivity contribution in [1.82, 2.24) is 29.5 Å². The van der Waals surface area contributed by atoms with Crippen molar-refractivity contribution in [2.45, 2.75) is 20.8 Å². The second-order valence-electron chi connectivity index (χ2n) is 4.30. The monoisotopic (exact) mass is 274 g/mol. The summed E-state index contributed by atoms with van der Waals surface area (Å²) in [6, 6.07) is 0. The first-order valence-electron chi connectivity index (χ1n) is 5.75. The Labute approximate surface area is 114 Å². The van der Waals surface area contributed by atoms with Gasteiger partial charge in [-0.25, -0.2) is 9.97 Å². The summed E-state index contributed by atoms with van der Waals surface area (Å²) in [5.41, 5.74) is 3.80. The highest BCUT2D eigenvalue weighted by Gasteiger charge is 2.16. The first kappa shape index (κ1) is 12.0. The molecule has 19 heavy (non-hydrogen) atoms. The number of hydrogen-bond donors (Lipinski definition) is 0. The van der Waals surface area contributed by atoms with E-state index in [0.717, 1.165) is 17.1 Å². The van der Waals surface area contributed by atoms with Crippen LogP contribution in [0.2, 0.25) is 5.15 Å². The largest absolute Gasteiger partial charge is 0.274 e. The molecule has 0 radical (unpaired) electrons. The minimum absolute atomic E-state index is 0.335. The Balaban J connectivity index is 2.34.